The summed E-state index contributed by atoms with van der Waals surface area (Å²) >= 11 is 3.25. The van der Waals surface area contributed by atoms with Gasteiger partial charge >= 0.3 is 6.03 Å². The van der Waals surface area contributed by atoms with Crippen LogP contribution in [-0.4, -0.2) is 11.0 Å². The predicted octanol–water partition coefficient (Wildman–Crippen LogP) is 2.50. The Labute approximate surface area is 90.6 Å². The quantitative estimate of drug-likeness (QED) is 0.854. The molecule has 1 aromatic heterocycles. The molecule has 4 nitrogen and oxygen atoms in total. The molecule has 2 amide bonds. The van der Waals surface area contributed by atoms with Crippen molar-refractivity contribution in [3.63, 3.8) is 0 Å². The Kier molecular flexibility index (Phi) is 4.12. The van der Waals surface area contributed by atoms with Gasteiger partial charge in [0.2, 0.25) is 0 Å². The molecule has 0 radical (unpaired) electrons. The van der Waals surface area contributed by atoms with Crippen LogP contribution in [0.5, 0.6) is 0 Å². The van der Waals surface area contributed by atoms with E-state index in [0.717, 1.165) is 4.47 Å². The Bertz CT molecular complexity index is 334. The maximum Gasteiger partial charge on any atom is 0.324 e. The lowest BCUT2D eigenvalue weighted by Gasteiger charge is -2.02. The van der Waals surface area contributed by atoms with E-state index in [4.69, 9.17) is 0 Å². The average Bonchev–Trinajstić information content (AvgIpc) is 2.18. The van der Waals surface area contributed by atoms with Gasteiger partial charge in [0.15, 0.2) is 0 Å². The lowest BCUT2D eigenvalue weighted by molar-refractivity contribution is 0.255. The SMILES string of the molecule is C/C=C/NC(=O)Nc1ccc(Br)cn1. The number of hydrogen-bond donors (Lipinski definition) is 2. The minimum Gasteiger partial charge on any atom is -0.315 e. The summed E-state index contributed by atoms with van der Waals surface area (Å²) in [6.45, 7) is 1.82. The van der Waals surface area contributed by atoms with Crippen LogP contribution in [0.1, 0.15) is 6.92 Å². The maximum absolute atomic E-state index is 11.1. The largest absolute Gasteiger partial charge is 0.324 e. The number of urea groups is 1. The molecule has 0 spiro atoms. The molecule has 74 valence electrons. The first-order valence-electron chi connectivity index (χ1n) is 4.02. The third-order valence-corrected chi connectivity index (χ3v) is 1.82. The highest BCUT2D eigenvalue weighted by Crippen LogP contribution is 2.09. The zero-order chi connectivity index (χ0) is 10.4. The molecule has 0 fully saturated rings. The van der Waals surface area contributed by atoms with Crippen molar-refractivity contribution in [1.82, 2.24) is 10.3 Å². The van der Waals surface area contributed by atoms with Gasteiger partial charge in [-0.3, -0.25) is 5.32 Å². The van der Waals surface area contributed by atoms with Crippen molar-refractivity contribution in [3.05, 3.63) is 35.1 Å². The Morgan fingerprint density at radius 1 is 1.57 bits per heavy atom. The highest BCUT2D eigenvalue weighted by Gasteiger charge is 1.98. The lowest BCUT2D eigenvalue weighted by atomic mass is 10.5. The first-order chi connectivity index (χ1) is 6.72. The average molecular weight is 256 g/mol. The van der Waals surface area contributed by atoms with E-state index in [0.29, 0.717) is 5.82 Å². The molecule has 0 saturated carbocycles. The molecule has 2 N–H and O–H groups in total. The predicted molar refractivity (Wildman–Crippen MR) is 58.9 cm³/mol. The van der Waals surface area contributed by atoms with Crippen LogP contribution in [0.25, 0.3) is 0 Å². The number of anilines is 1. The van der Waals surface area contributed by atoms with Crippen molar-refractivity contribution in [2.24, 2.45) is 0 Å². The van der Waals surface area contributed by atoms with E-state index in [9.17, 15) is 4.79 Å². The summed E-state index contributed by atoms with van der Waals surface area (Å²) in [6, 6.07) is 3.20. The van der Waals surface area contributed by atoms with Gasteiger partial charge in [0.1, 0.15) is 5.82 Å². The fourth-order valence-corrected chi connectivity index (χ4v) is 0.996. The number of allylic oxidation sites excluding steroid dienone is 1. The molecular weight excluding hydrogens is 246 g/mol. The van der Waals surface area contributed by atoms with Crippen molar-refractivity contribution in [2.75, 3.05) is 5.32 Å². The number of aromatic nitrogens is 1. The molecule has 1 aromatic rings. The second kappa shape index (κ2) is 5.39. The summed E-state index contributed by atoms with van der Waals surface area (Å²) in [5.74, 6) is 0.509. The molecule has 0 bridgehead atoms. The fourth-order valence-electron chi connectivity index (χ4n) is 0.761. The van der Waals surface area contributed by atoms with E-state index in [1.54, 1.807) is 30.6 Å². The van der Waals surface area contributed by atoms with Crippen LogP contribution in [0.4, 0.5) is 10.6 Å². The van der Waals surface area contributed by atoms with E-state index in [-0.39, 0.29) is 6.03 Å². The van der Waals surface area contributed by atoms with Crippen molar-refractivity contribution >= 4 is 27.8 Å². The number of nitrogens with zero attached hydrogens (tertiary/aromatic N) is 1. The van der Waals surface area contributed by atoms with Crippen LogP contribution in [0.15, 0.2) is 35.1 Å². The van der Waals surface area contributed by atoms with Gasteiger partial charge in [0, 0.05) is 16.9 Å². The molecule has 0 aromatic carbocycles. The molecule has 1 heterocycles. The van der Waals surface area contributed by atoms with Gasteiger partial charge in [-0.15, -0.1) is 0 Å². The van der Waals surface area contributed by atoms with Gasteiger partial charge in [-0.05, 0) is 35.0 Å². The number of amides is 2. The maximum atomic E-state index is 11.1. The van der Waals surface area contributed by atoms with Gasteiger partial charge in [0.05, 0.1) is 0 Å². The minimum atomic E-state index is -0.307. The monoisotopic (exact) mass is 255 g/mol. The number of hydrogen-bond acceptors (Lipinski definition) is 2. The highest BCUT2D eigenvalue weighted by atomic mass is 79.9. The Hall–Kier alpha value is -1.36. The molecule has 1 rings (SSSR count). The van der Waals surface area contributed by atoms with Crippen LogP contribution < -0.4 is 10.6 Å². The molecule has 0 aliphatic rings. The normalized spacial score (nSPS) is 10.1. The third kappa shape index (κ3) is 3.57. The van der Waals surface area contributed by atoms with Gasteiger partial charge in [-0.2, -0.15) is 0 Å². The summed E-state index contributed by atoms with van der Waals surface area (Å²) in [4.78, 5) is 15.1. The Morgan fingerprint density at radius 2 is 2.36 bits per heavy atom. The van der Waals surface area contributed by atoms with Crippen LogP contribution in [-0.2, 0) is 0 Å². The number of carbonyl (C=O) groups excluding carboxylic acids is 1. The molecule has 5 heteroatoms. The van der Waals surface area contributed by atoms with E-state index >= 15 is 0 Å². The van der Waals surface area contributed by atoms with Crippen molar-refractivity contribution in [2.45, 2.75) is 6.92 Å². The summed E-state index contributed by atoms with van der Waals surface area (Å²) in [7, 11) is 0. The summed E-state index contributed by atoms with van der Waals surface area (Å²) in [5, 5.41) is 5.08. The minimum absolute atomic E-state index is 0.307. The summed E-state index contributed by atoms with van der Waals surface area (Å²) in [5.41, 5.74) is 0. The van der Waals surface area contributed by atoms with Gasteiger partial charge in [-0.25, -0.2) is 9.78 Å². The fraction of sp³-hybridized carbons (Fsp3) is 0.111. The van der Waals surface area contributed by atoms with Crippen LogP contribution >= 0.6 is 15.9 Å². The first kappa shape index (κ1) is 10.7. The molecule has 0 aliphatic carbocycles. The zero-order valence-corrected chi connectivity index (χ0v) is 9.21. The molecule has 0 aliphatic heterocycles. The summed E-state index contributed by atoms with van der Waals surface area (Å²) < 4.78 is 0.872. The highest BCUT2D eigenvalue weighted by molar-refractivity contribution is 9.10. The van der Waals surface area contributed by atoms with E-state index in [2.05, 4.69) is 31.5 Å². The Morgan fingerprint density at radius 3 is 2.93 bits per heavy atom. The smallest absolute Gasteiger partial charge is 0.315 e. The second-order valence-corrected chi connectivity index (χ2v) is 3.38. The lowest BCUT2D eigenvalue weighted by Crippen LogP contribution is -2.24. The molecule has 0 atom stereocenters. The topological polar surface area (TPSA) is 54.0 Å². The van der Waals surface area contributed by atoms with Crippen LogP contribution in [0.3, 0.4) is 0 Å². The number of halogens is 1. The second-order valence-electron chi connectivity index (χ2n) is 2.46. The van der Waals surface area contributed by atoms with Gasteiger partial charge < -0.3 is 5.32 Å². The standard InChI is InChI=1S/C9H10BrN3O/c1-2-5-11-9(14)13-8-4-3-7(10)6-12-8/h2-6H,1H3,(H2,11,12,13,14)/b5-2+. The van der Waals surface area contributed by atoms with E-state index in [1.807, 2.05) is 6.92 Å². The van der Waals surface area contributed by atoms with Crippen molar-refractivity contribution in [3.8, 4) is 0 Å². The first-order valence-corrected chi connectivity index (χ1v) is 4.82. The third-order valence-electron chi connectivity index (χ3n) is 1.35. The van der Waals surface area contributed by atoms with Crippen LogP contribution in [0.2, 0.25) is 0 Å². The van der Waals surface area contributed by atoms with Gasteiger partial charge in [0.25, 0.3) is 0 Å². The number of rotatable bonds is 2. The molecule has 14 heavy (non-hydrogen) atoms. The van der Waals surface area contributed by atoms with Crippen LogP contribution in [0, 0.1) is 0 Å². The molecule has 0 saturated heterocycles. The Balaban J connectivity index is 2.52. The summed E-state index contributed by atoms with van der Waals surface area (Å²) in [6.07, 6.45) is 4.90. The van der Waals surface area contributed by atoms with Gasteiger partial charge in [-0.1, -0.05) is 6.08 Å². The van der Waals surface area contributed by atoms with E-state index in [1.165, 1.54) is 0 Å². The number of nitrogens with one attached hydrogen (secondary N) is 2. The zero-order valence-electron chi connectivity index (χ0n) is 7.62. The number of carbonyl (C=O) groups is 1. The molecule has 0 unspecified atom stereocenters. The van der Waals surface area contributed by atoms with Crippen molar-refractivity contribution in [1.29, 1.82) is 0 Å². The van der Waals surface area contributed by atoms with E-state index < -0.39 is 0 Å². The number of pyridine rings is 1. The van der Waals surface area contributed by atoms with Crippen molar-refractivity contribution < 1.29 is 4.79 Å². The molecular formula is C9H10BrN3O.